The van der Waals surface area contributed by atoms with Crippen LogP contribution in [0.5, 0.6) is 5.75 Å². The number of amides is 1. The number of nitrogens with zero attached hydrogens (tertiary/aromatic N) is 5. The number of piperazine rings is 1. The molecule has 200 valence electrons. The summed E-state index contributed by atoms with van der Waals surface area (Å²) in [5.74, 6) is -0.700. The lowest BCUT2D eigenvalue weighted by atomic mass is 10.0. The average molecular weight is 536 g/mol. The molecule has 2 aromatic rings. The first-order valence-electron chi connectivity index (χ1n) is 12.2. The van der Waals surface area contributed by atoms with E-state index in [4.69, 9.17) is 9.47 Å². The van der Waals surface area contributed by atoms with Crippen molar-refractivity contribution in [2.24, 2.45) is 0 Å². The number of ether oxygens (including phenoxy) is 2. The van der Waals surface area contributed by atoms with Gasteiger partial charge in [0, 0.05) is 44.9 Å². The van der Waals surface area contributed by atoms with Crippen molar-refractivity contribution in [2.45, 2.75) is 45.0 Å². The summed E-state index contributed by atoms with van der Waals surface area (Å²) in [5, 5.41) is 4.51. The van der Waals surface area contributed by atoms with Gasteiger partial charge in [-0.2, -0.15) is 0 Å². The average Bonchev–Trinajstić information content (AvgIpc) is 3.22. The molecule has 4 heterocycles. The van der Waals surface area contributed by atoms with Crippen molar-refractivity contribution in [1.82, 2.24) is 14.7 Å². The molecule has 2 bridgehead atoms. The van der Waals surface area contributed by atoms with Crippen molar-refractivity contribution in [2.75, 3.05) is 48.8 Å². The van der Waals surface area contributed by atoms with Gasteiger partial charge in [0.1, 0.15) is 23.7 Å². The number of hydrogen-bond acceptors (Lipinski definition) is 8. The van der Waals surface area contributed by atoms with Gasteiger partial charge in [-0.15, -0.1) is 5.10 Å². The Morgan fingerprint density at radius 1 is 1.27 bits per heavy atom. The first kappa shape index (κ1) is 25.5. The molecule has 37 heavy (non-hydrogen) atoms. The normalized spacial score (nSPS) is 24.9. The van der Waals surface area contributed by atoms with Gasteiger partial charge >= 0.3 is 0 Å². The highest BCUT2D eigenvalue weighted by Crippen LogP contribution is 2.47. The van der Waals surface area contributed by atoms with Crippen LogP contribution >= 0.6 is 0 Å². The zero-order chi connectivity index (χ0) is 26.6. The molecule has 1 aromatic heterocycles. The first-order chi connectivity index (χ1) is 17.6. The fraction of sp³-hybridized carbons (Fsp3) is 0.542. The molecule has 3 aliphatic rings. The number of methoxy groups -OCH3 is 1. The summed E-state index contributed by atoms with van der Waals surface area (Å²) in [6.07, 6.45) is -0.759. The number of hydrogen-bond donors (Lipinski definition) is 0. The molecule has 13 heteroatoms. The Balaban J connectivity index is 1.78. The van der Waals surface area contributed by atoms with Crippen LogP contribution in [0.2, 0.25) is 0 Å². The van der Waals surface area contributed by atoms with E-state index in [1.54, 1.807) is 9.80 Å². The summed E-state index contributed by atoms with van der Waals surface area (Å²) in [4.78, 5) is 30.9. The quantitative estimate of drug-likeness (QED) is 0.562. The molecule has 11 nitrogen and oxygen atoms in total. The topological polar surface area (TPSA) is 114 Å². The smallest absolute Gasteiger partial charge is 0.275 e. The van der Waals surface area contributed by atoms with Crippen LogP contribution in [-0.2, 0) is 26.1 Å². The highest BCUT2D eigenvalue weighted by Gasteiger charge is 2.53. The molecule has 1 fully saturated rings. The minimum atomic E-state index is -3.88. The lowest BCUT2D eigenvalue weighted by Gasteiger charge is -2.44. The van der Waals surface area contributed by atoms with E-state index in [1.165, 1.54) is 32.4 Å². The van der Waals surface area contributed by atoms with Crippen molar-refractivity contribution in [1.29, 1.82) is 0 Å². The molecular weight excluding hydrogens is 505 g/mol. The second-order valence-corrected chi connectivity index (χ2v) is 11.6. The molecule has 2 unspecified atom stereocenters. The third-order valence-corrected chi connectivity index (χ3v) is 9.12. The third kappa shape index (κ3) is 4.04. The number of rotatable bonds is 2. The highest BCUT2D eigenvalue weighted by molar-refractivity contribution is 7.92. The van der Waals surface area contributed by atoms with Gasteiger partial charge in [-0.05, 0) is 26.3 Å². The summed E-state index contributed by atoms with van der Waals surface area (Å²) in [6, 6.07) is 2.94. The van der Waals surface area contributed by atoms with Gasteiger partial charge in [0.2, 0.25) is 15.9 Å². The number of likely N-dealkylation sites (N-methyl/N-ethyl adjacent to an activating group) is 1. The van der Waals surface area contributed by atoms with E-state index in [0.29, 0.717) is 24.3 Å². The number of sulfonamides is 1. The molecule has 5 rings (SSSR count). The summed E-state index contributed by atoms with van der Waals surface area (Å²) in [5.41, 5.74) is 0.480. The molecule has 3 atom stereocenters. The van der Waals surface area contributed by atoms with Gasteiger partial charge in [0.15, 0.2) is 5.82 Å². The van der Waals surface area contributed by atoms with Crippen molar-refractivity contribution in [3.63, 3.8) is 0 Å². The third-order valence-electron chi connectivity index (χ3n) is 7.31. The van der Waals surface area contributed by atoms with Crippen LogP contribution in [0.1, 0.15) is 37.5 Å². The summed E-state index contributed by atoms with van der Waals surface area (Å²) in [7, 11) is -1.05. The maximum atomic E-state index is 14.0. The number of carbonyl (C=O) groups is 1. The number of anilines is 2. The fourth-order valence-electron chi connectivity index (χ4n) is 5.45. The number of halogens is 1. The lowest BCUT2D eigenvalue weighted by Crippen LogP contribution is -2.61. The van der Waals surface area contributed by atoms with Crippen LogP contribution < -0.4 is 19.5 Å². The number of fused-ring (bicyclic) bond motifs is 7. The van der Waals surface area contributed by atoms with Gasteiger partial charge in [-0.25, -0.2) is 17.5 Å². The molecule has 1 saturated heterocycles. The summed E-state index contributed by atoms with van der Waals surface area (Å²) < 4.78 is 54.3. The minimum absolute atomic E-state index is 0.0499. The number of aromatic nitrogens is 2. The molecule has 0 spiro atoms. The van der Waals surface area contributed by atoms with Crippen molar-refractivity contribution < 1.29 is 27.1 Å². The van der Waals surface area contributed by atoms with E-state index in [1.807, 2.05) is 13.8 Å². The second-order valence-electron chi connectivity index (χ2n) is 9.52. The highest BCUT2D eigenvalue weighted by atomic mass is 32.2. The number of carbonyl (C=O) groups excluding carboxylic acids is 1. The Morgan fingerprint density at radius 2 is 2.03 bits per heavy atom. The van der Waals surface area contributed by atoms with E-state index < -0.39 is 33.5 Å². The van der Waals surface area contributed by atoms with Crippen LogP contribution in [0.3, 0.4) is 0 Å². The summed E-state index contributed by atoms with van der Waals surface area (Å²) >= 11 is 0. The first-order valence-corrected chi connectivity index (χ1v) is 13.8. The van der Waals surface area contributed by atoms with Gasteiger partial charge in [-0.3, -0.25) is 13.9 Å². The Morgan fingerprint density at radius 3 is 2.73 bits per heavy atom. The maximum absolute atomic E-state index is 14.0. The maximum Gasteiger partial charge on any atom is 0.275 e. The zero-order valence-electron chi connectivity index (χ0n) is 21.2. The van der Waals surface area contributed by atoms with Crippen LogP contribution in [-0.4, -0.2) is 80.7 Å². The predicted octanol–water partition coefficient (Wildman–Crippen LogP) is 1.11. The molecule has 0 N–H and O–H groups in total. The second kappa shape index (κ2) is 9.28. The minimum Gasteiger partial charge on any atom is -0.493 e. The van der Waals surface area contributed by atoms with Gasteiger partial charge in [0.25, 0.3) is 5.56 Å². The Labute approximate surface area is 214 Å². The largest absolute Gasteiger partial charge is 0.493 e. The van der Waals surface area contributed by atoms with Crippen LogP contribution in [0.15, 0.2) is 23.0 Å². The van der Waals surface area contributed by atoms with Crippen molar-refractivity contribution >= 4 is 27.4 Å². The van der Waals surface area contributed by atoms with Crippen LogP contribution in [0.4, 0.5) is 15.9 Å². The molecule has 1 amide bonds. The fourth-order valence-corrected chi connectivity index (χ4v) is 6.59. The molecule has 0 aliphatic carbocycles. The molecule has 1 aromatic carbocycles. The van der Waals surface area contributed by atoms with Gasteiger partial charge < -0.3 is 19.3 Å². The Bertz CT molecular complexity index is 1410. The van der Waals surface area contributed by atoms with E-state index >= 15 is 0 Å². The summed E-state index contributed by atoms with van der Waals surface area (Å²) in [6.45, 7) is 4.68. The predicted molar refractivity (Wildman–Crippen MR) is 134 cm³/mol. The van der Waals surface area contributed by atoms with E-state index in [9.17, 15) is 22.4 Å². The standard InChI is InChI=1S/C24H30FN5O6S/c1-5-28-12-14(2)30-19-18(21(35-4)20(30)24(28)32)23(31)29-13-15-7-8-16(25)11-17(15)36-9-6-10-37(33,34)27(3)22(19)26-29/h7-8,11,14,20-21H,5-6,9-10,12-13H2,1-4H3/t14-,20?,21?/m0/s1. The Hall–Kier alpha value is -3.19. The van der Waals surface area contributed by atoms with Crippen LogP contribution in [0.25, 0.3) is 0 Å². The van der Waals surface area contributed by atoms with E-state index in [0.717, 1.165) is 8.99 Å². The van der Waals surface area contributed by atoms with Crippen molar-refractivity contribution in [3.05, 3.63) is 45.5 Å². The molecule has 0 radical (unpaired) electrons. The monoisotopic (exact) mass is 535 g/mol. The zero-order valence-corrected chi connectivity index (χ0v) is 22.0. The molecule has 3 aliphatic heterocycles. The Kier molecular flexibility index (Phi) is 6.39. The lowest BCUT2D eigenvalue weighted by molar-refractivity contribution is -0.138. The van der Waals surface area contributed by atoms with E-state index in [-0.39, 0.29) is 54.4 Å². The van der Waals surface area contributed by atoms with Crippen LogP contribution in [0, 0.1) is 5.82 Å². The van der Waals surface area contributed by atoms with Gasteiger partial charge in [-0.1, -0.05) is 6.07 Å². The van der Waals surface area contributed by atoms with Crippen molar-refractivity contribution in [3.8, 4) is 5.75 Å². The van der Waals surface area contributed by atoms with Gasteiger partial charge in [0.05, 0.1) is 30.2 Å². The molecule has 0 saturated carbocycles. The van der Waals surface area contributed by atoms with E-state index in [2.05, 4.69) is 5.10 Å². The molecular formula is C24H30FN5O6S. The number of benzene rings is 1. The SMILES string of the molecule is CCN1C[C@H](C)N2c3c4nn(c(=O)c3C(OC)C2C1=O)Cc1ccc(F)cc1OCCCS(=O)(=O)N4C.